The average molecular weight is 203 g/mol. The average Bonchev–Trinajstić information content (AvgIpc) is 2.26. The normalized spacial score (nSPS) is 10.3. The Labute approximate surface area is 88.7 Å². The van der Waals surface area contributed by atoms with Crippen molar-refractivity contribution >= 4 is 10.9 Å². The van der Waals surface area contributed by atoms with Crippen molar-refractivity contribution in [1.29, 1.82) is 0 Å². The third-order valence-corrected chi connectivity index (χ3v) is 2.33. The Hall–Kier alpha value is -1.77. The molecule has 0 bridgehead atoms. The van der Waals surface area contributed by atoms with Crippen LogP contribution in [0.5, 0.6) is 11.6 Å². The van der Waals surface area contributed by atoms with Crippen LogP contribution in [-0.2, 0) is 0 Å². The zero-order valence-electron chi connectivity index (χ0n) is 9.07. The molecule has 0 atom stereocenters. The molecule has 0 unspecified atom stereocenters. The van der Waals surface area contributed by atoms with Crippen LogP contribution in [0.1, 0.15) is 5.56 Å². The number of benzene rings is 1. The quantitative estimate of drug-likeness (QED) is 0.751. The summed E-state index contributed by atoms with van der Waals surface area (Å²) < 4.78 is 10.4. The summed E-state index contributed by atoms with van der Waals surface area (Å²) >= 11 is 0. The Morgan fingerprint density at radius 3 is 2.53 bits per heavy atom. The van der Waals surface area contributed by atoms with E-state index in [-0.39, 0.29) is 0 Å². The second kappa shape index (κ2) is 3.77. The summed E-state index contributed by atoms with van der Waals surface area (Å²) in [5.74, 6) is 1.36. The van der Waals surface area contributed by atoms with Crippen molar-refractivity contribution in [3.05, 3.63) is 29.8 Å². The largest absolute Gasteiger partial charge is 0.496 e. The topological polar surface area (TPSA) is 31.4 Å². The zero-order valence-corrected chi connectivity index (χ0v) is 9.07. The number of hydrogen-bond acceptors (Lipinski definition) is 3. The van der Waals surface area contributed by atoms with E-state index in [1.165, 1.54) is 5.56 Å². The van der Waals surface area contributed by atoms with Crippen LogP contribution in [0.3, 0.4) is 0 Å². The van der Waals surface area contributed by atoms with E-state index < -0.39 is 0 Å². The minimum atomic E-state index is 0.574. The molecule has 2 aromatic rings. The Balaban J connectivity index is 2.74. The molecular weight excluding hydrogens is 190 g/mol. The molecule has 0 aliphatic heterocycles. The molecule has 1 aromatic carbocycles. The maximum atomic E-state index is 5.29. The number of hydrogen-bond donors (Lipinski definition) is 0. The fraction of sp³-hybridized carbons (Fsp3) is 0.250. The van der Waals surface area contributed by atoms with Crippen LogP contribution in [0, 0.1) is 6.92 Å². The number of aryl methyl sites for hydroxylation is 1. The maximum absolute atomic E-state index is 5.29. The highest BCUT2D eigenvalue weighted by molar-refractivity contribution is 5.86. The van der Waals surface area contributed by atoms with Gasteiger partial charge in [-0.05, 0) is 24.6 Å². The summed E-state index contributed by atoms with van der Waals surface area (Å²) in [5, 5.41) is 1.00. The molecule has 0 aliphatic carbocycles. The van der Waals surface area contributed by atoms with E-state index in [4.69, 9.17) is 9.47 Å². The van der Waals surface area contributed by atoms with Gasteiger partial charge in [-0.15, -0.1) is 0 Å². The van der Waals surface area contributed by atoms with Gasteiger partial charge in [0, 0.05) is 11.5 Å². The lowest BCUT2D eigenvalue weighted by Crippen LogP contribution is -1.92. The van der Waals surface area contributed by atoms with Gasteiger partial charge in [0.05, 0.1) is 19.7 Å². The van der Waals surface area contributed by atoms with E-state index in [1.807, 2.05) is 25.1 Å². The SMILES string of the molecule is COc1cc(OC)c2ccc(C)cc2n1. The van der Waals surface area contributed by atoms with Gasteiger partial charge in [0.25, 0.3) is 0 Å². The number of fused-ring (bicyclic) bond motifs is 1. The first-order chi connectivity index (χ1) is 7.24. The maximum Gasteiger partial charge on any atom is 0.217 e. The number of pyridine rings is 1. The van der Waals surface area contributed by atoms with Gasteiger partial charge in [-0.3, -0.25) is 0 Å². The van der Waals surface area contributed by atoms with Crippen LogP contribution in [0.15, 0.2) is 24.3 Å². The highest BCUT2D eigenvalue weighted by Gasteiger charge is 2.06. The first-order valence-electron chi connectivity index (χ1n) is 4.74. The fourth-order valence-electron chi connectivity index (χ4n) is 1.56. The molecule has 15 heavy (non-hydrogen) atoms. The molecule has 0 N–H and O–H groups in total. The van der Waals surface area contributed by atoms with Gasteiger partial charge in [-0.2, -0.15) is 0 Å². The van der Waals surface area contributed by atoms with Crippen LogP contribution in [0.25, 0.3) is 10.9 Å². The first-order valence-corrected chi connectivity index (χ1v) is 4.74. The van der Waals surface area contributed by atoms with E-state index >= 15 is 0 Å². The van der Waals surface area contributed by atoms with Crippen molar-refractivity contribution in [3.63, 3.8) is 0 Å². The van der Waals surface area contributed by atoms with E-state index in [1.54, 1.807) is 20.3 Å². The van der Waals surface area contributed by atoms with Crippen molar-refractivity contribution in [2.45, 2.75) is 6.92 Å². The highest BCUT2D eigenvalue weighted by atomic mass is 16.5. The van der Waals surface area contributed by atoms with E-state index in [0.29, 0.717) is 5.88 Å². The lowest BCUT2D eigenvalue weighted by Gasteiger charge is -2.07. The molecule has 2 rings (SSSR count). The van der Waals surface area contributed by atoms with Crippen molar-refractivity contribution in [2.75, 3.05) is 14.2 Å². The van der Waals surface area contributed by atoms with Crippen LogP contribution < -0.4 is 9.47 Å². The molecule has 1 heterocycles. The van der Waals surface area contributed by atoms with Crippen molar-refractivity contribution < 1.29 is 9.47 Å². The van der Waals surface area contributed by atoms with Gasteiger partial charge < -0.3 is 9.47 Å². The molecule has 78 valence electrons. The van der Waals surface area contributed by atoms with E-state index in [2.05, 4.69) is 4.98 Å². The second-order valence-electron chi connectivity index (χ2n) is 3.39. The summed E-state index contributed by atoms with van der Waals surface area (Å²) in [6.45, 7) is 2.03. The number of rotatable bonds is 2. The van der Waals surface area contributed by atoms with Crippen molar-refractivity contribution in [3.8, 4) is 11.6 Å². The Morgan fingerprint density at radius 1 is 1.07 bits per heavy atom. The molecule has 0 fully saturated rings. The van der Waals surface area contributed by atoms with Gasteiger partial charge in [0.2, 0.25) is 5.88 Å². The van der Waals surface area contributed by atoms with Gasteiger partial charge in [-0.1, -0.05) is 6.07 Å². The summed E-state index contributed by atoms with van der Waals surface area (Å²) in [6.07, 6.45) is 0. The van der Waals surface area contributed by atoms with Gasteiger partial charge in [-0.25, -0.2) is 4.98 Å². The molecule has 0 aliphatic rings. The summed E-state index contributed by atoms with van der Waals surface area (Å²) in [5.41, 5.74) is 2.07. The van der Waals surface area contributed by atoms with Crippen LogP contribution in [0.2, 0.25) is 0 Å². The summed E-state index contributed by atoms with van der Waals surface area (Å²) in [4.78, 5) is 4.36. The Morgan fingerprint density at radius 2 is 1.87 bits per heavy atom. The molecule has 0 saturated heterocycles. The standard InChI is InChI=1S/C12H13NO2/c1-8-4-5-9-10(6-8)13-12(15-3)7-11(9)14-2/h4-7H,1-3H3. The number of ether oxygens (including phenoxy) is 2. The molecule has 0 amide bonds. The fourth-order valence-corrected chi connectivity index (χ4v) is 1.56. The third-order valence-electron chi connectivity index (χ3n) is 2.33. The Kier molecular flexibility index (Phi) is 2.46. The van der Waals surface area contributed by atoms with Crippen LogP contribution >= 0.6 is 0 Å². The molecule has 0 saturated carbocycles. The minimum absolute atomic E-state index is 0.574. The lowest BCUT2D eigenvalue weighted by atomic mass is 10.1. The summed E-state index contributed by atoms with van der Waals surface area (Å²) in [7, 11) is 3.25. The highest BCUT2D eigenvalue weighted by Crippen LogP contribution is 2.28. The molecule has 3 heteroatoms. The van der Waals surface area contributed by atoms with Crippen molar-refractivity contribution in [1.82, 2.24) is 4.98 Å². The summed E-state index contributed by atoms with van der Waals surface area (Å²) in [6, 6.07) is 7.85. The van der Waals surface area contributed by atoms with E-state index in [0.717, 1.165) is 16.7 Å². The molecular formula is C12H13NO2. The molecule has 3 nitrogen and oxygen atoms in total. The predicted molar refractivity (Wildman–Crippen MR) is 59.6 cm³/mol. The Bertz CT molecular complexity index is 494. The zero-order chi connectivity index (χ0) is 10.8. The smallest absolute Gasteiger partial charge is 0.217 e. The van der Waals surface area contributed by atoms with E-state index in [9.17, 15) is 0 Å². The molecule has 1 aromatic heterocycles. The molecule has 0 radical (unpaired) electrons. The lowest BCUT2D eigenvalue weighted by molar-refractivity contribution is 0.386. The minimum Gasteiger partial charge on any atom is -0.496 e. The van der Waals surface area contributed by atoms with Gasteiger partial charge in [0.15, 0.2) is 0 Å². The monoisotopic (exact) mass is 203 g/mol. The molecule has 0 spiro atoms. The number of aromatic nitrogens is 1. The number of methoxy groups -OCH3 is 2. The first kappa shape index (κ1) is 9.77. The van der Waals surface area contributed by atoms with Gasteiger partial charge >= 0.3 is 0 Å². The van der Waals surface area contributed by atoms with Crippen LogP contribution in [-0.4, -0.2) is 19.2 Å². The van der Waals surface area contributed by atoms with Crippen molar-refractivity contribution in [2.24, 2.45) is 0 Å². The predicted octanol–water partition coefficient (Wildman–Crippen LogP) is 2.56. The number of nitrogens with zero attached hydrogens (tertiary/aromatic N) is 1. The van der Waals surface area contributed by atoms with Gasteiger partial charge in [0.1, 0.15) is 5.75 Å². The third kappa shape index (κ3) is 1.73. The second-order valence-corrected chi connectivity index (χ2v) is 3.39. The van der Waals surface area contributed by atoms with Crippen LogP contribution in [0.4, 0.5) is 0 Å².